The SMILES string of the molecule is CC(C)C(=O)C1C=CC(O)C1. The van der Waals surface area contributed by atoms with Gasteiger partial charge in [0.15, 0.2) is 0 Å². The molecule has 1 aliphatic carbocycles. The topological polar surface area (TPSA) is 37.3 Å². The van der Waals surface area contributed by atoms with Gasteiger partial charge in [-0.3, -0.25) is 4.79 Å². The van der Waals surface area contributed by atoms with Crippen LogP contribution < -0.4 is 0 Å². The van der Waals surface area contributed by atoms with Crippen molar-refractivity contribution < 1.29 is 9.90 Å². The Morgan fingerprint density at radius 2 is 2.18 bits per heavy atom. The van der Waals surface area contributed by atoms with Gasteiger partial charge in [0.1, 0.15) is 5.78 Å². The van der Waals surface area contributed by atoms with Gasteiger partial charge in [0, 0.05) is 11.8 Å². The van der Waals surface area contributed by atoms with Crippen molar-refractivity contribution in [3.05, 3.63) is 12.2 Å². The normalized spacial score (nSPS) is 29.8. The van der Waals surface area contributed by atoms with Crippen molar-refractivity contribution in [1.82, 2.24) is 0 Å². The summed E-state index contributed by atoms with van der Waals surface area (Å²) >= 11 is 0. The first-order valence-electron chi connectivity index (χ1n) is 4.01. The number of carbonyl (C=O) groups excluding carboxylic acids is 1. The molecule has 0 aliphatic heterocycles. The molecule has 0 heterocycles. The van der Waals surface area contributed by atoms with Crippen LogP contribution in [0.5, 0.6) is 0 Å². The molecule has 0 aromatic heterocycles. The van der Waals surface area contributed by atoms with Crippen LogP contribution in [0, 0.1) is 11.8 Å². The molecular formula is C9H14O2. The van der Waals surface area contributed by atoms with Crippen molar-refractivity contribution in [1.29, 1.82) is 0 Å². The number of Topliss-reactive ketones (excluding diaryl/α,β-unsaturated/α-hetero) is 1. The fourth-order valence-corrected chi connectivity index (χ4v) is 1.32. The number of ketones is 1. The minimum atomic E-state index is -0.400. The molecule has 11 heavy (non-hydrogen) atoms. The molecule has 62 valence electrons. The predicted molar refractivity (Wildman–Crippen MR) is 43.1 cm³/mol. The molecule has 0 fully saturated rings. The van der Waals surface area contributed by atoms with Gasteiger partial charge < -0.3 is 5.11 Å². The molecule has 1 aliphatic rings. The van der Waals surface area contributed by atoms with E-state index in [1.807, 2.05) is 19.9 Å². The van der Waals surface area contributed by atoms with Gasteiger partial charge in [-0.2, -0.15) is 0 Å². The molecular weight excluding hydrogens is 140 g/mol. The summed E-state index contributed by atoms with van der Waals surface area (Å²) in [5, 5.41) is 9.09. The number of carbonyl (C=O) groups is 1. The second kappa shape index (κ2) is 3.18. The molecule has 2 unspecified atom stereocenters. The maximum absolute atomic E-state index is 11.3. The summed E-state index contributed by atoms with van der Waals surface area (Å²) < 4.78 is 0. The third-order valence-corrected chi connectivity index (χ3v) is 2.00. The van der Waals surface area contributed by atoms with Gasteiger partial charge in [0.2, 0.25) is 0 Å². The molecule has 0 aromatic carbocycles. The van der Waals surface area contributed by atoms with Crippen LogP contribution in [0.15, 0.2) is 12.2 Å². The highest BCUT2D eigenvalue weighted by Gasteiger charge is 2.24. The average Bonchev–Trinajstić information content (AvgIpc) is 2.34. The van der Waals surface area contributed by atoms with Crippen LogP contribution in [0.1, 0.15) is 20.3 Å². The van der Waals surface area contributed by atoms with Crippen LogP contribution in [0.3, 0.4) is 0 Å². The fourth-order valence-electron chi connectivity index (χ4n) is 1.32. The maximum atomic E-state index is 11.3. The first-order chi connectivity index (χ1) is 5.11. The standard InChI is InChI=1S/C9H14O2/c1-6(2)9(11)7-3-4-8(10)5-7/h3-4,6-8,10H,5H2,1-2H3. The van der Waals surface area contributed by atoms with Crippen molar-refractivity contribution in [3.8, 4) is 0 Å². The van der Waals surface area contributed by atoms with Crippen LogP contribution >= 0.6 is 0 Å². The van der Waals surface area contributed by atoms with Crippen molar-refractivity contribution in [2.24, 2.45) is 11.8 Å². The molecule has 1 rings (SSSR count). The van der Waals surface area contributed by atoms with Gasteiger partial charge in [-0.25, -0.2) is 0 Å². The lowest BCUT2D eigenvalue weighted by molar-refractivity contribution is -0.124. The van der Waals surface area contributed by atoms with Crippen molar-refractivity contribution in [2.45, 2.75) is 26.4 Å². The van der Waals surface area contributed by atoms with E-state index in [9.17, 15) is 4.79 Å². The Morgan fingerprint density at radius 3 is 2.55 bits per heavy atom. The monoisotopic (exact) mass is 154 g/mol. The third-order valence-electron chi connectivity index (χ3n) is 2.00. The smallest absolute Gasteiger partial charge is 0.142 e. The maximum Gasteiger partial charge on any atom is 0.142 e. The van der Waals surface area contributed by atoms with E-state index in [1.54, 1.807) is 6.08 Å². The van der Waals surface area contributed by atoms with Crippen LogP contribution in [0.4, 0.5) is 0 Å². The highest BCUT2D eigenvalue weighted by Crippen LogP contribution is 2.21. The zero-order valence-corrected chi connectivity index (χ0v) is 6.95. The lowest BCUT2D eigenvalue weighted by Gasteiger charge is -2.09. The van der Waals surface area contributed by atoms with Crippen molar-refractivity contribution >= 4 is 5.78 Å². The van der Waals surface area contributed by atoms with E-state index >= 15 is 0 Å². The lowest BCUT2D eigenvalue weighted by atomic mass is 9.95. The quantitative estimate of drug-likeness (QED) is 0.606. The van der Waals surface area contributed by atoms with Gasteiger partial charge in [0.25, 0.3) is 0 Å². The second-order valence-electron chi connectivity index (χ2n) is 3.35. The Hall–Kier alpha value is -0.630. The molecule has 2 heteroatoms. The van der Waals surface area contributed by atoms with E-state index in [0.717, 1.165) is 0 Å². The number of aliphatic hydroxyl groups is 1. The van der Waals surface area contributed by atoms with E-state index in [2.05, 4.69) is 0 Å². The molecule has 2 atom stereocenters. The van der Waals surface area contributed by atoms with Crippen molar-refractivity contribution in [2.75, 3.05) is 0 Å². The first kappa shape index (κ1) is 8.47. The Kier molecular flexibility index (Phi) is 2.45. The summed E-state index contributed by atoms with van der Waals surface area (Å²) in [6.45, 7) is 3.78. The Bertz CT molecular complexity index is 182. The molecule has 0 radical (unpaired) electrons. The van der Waals surface area contributed by atoms with Crippen LogP contribution in [0.25, 0.3) is 0 Å². The third kappa shape index (κ3) is 1.90. The molecule has 2 nitrogen and oxygen atoms in total. The first-order valence-corrected chi connectivity index (χ1v) is 4.01. The summed E-state index contributed by atoms with van der Waals surface area (Å²) in [4.78, 5) is 11.3. The molecule has 0 aromatic rings. The number of rotatable bonds is 2. The number of hydrogen-bond acceptors (Lipinski definition) is 2. The molecule has 0 amide bonds. The number of hydrogen-bond donors (Lipinski definition) is 1. The van der Waals surface area contributed by atoms with Crippen molar-refractivity contribution in [3.63, 3.8) is 0 Å². The number of aliphatic hydroxyl groups excluding tert-OH is 1. The van der Waals surface area contributed by atoms with E-state index in [-0.39, 0.29) is 17.6 Å². The van der Waals surface area contributed by atoms with Crippen LogP contribution in [0.2, 0.25) is 0 Å². The Labute approximate surface area is 66.9 Å². The van der Waals surface area contributed by atoms with E-state index in [4.69, 9.17) is 5.11 Å². The Balaban J connectivity index is 2.51. The van der Waals surface area contributed by atoms with Crippen LogP contribution in [-0.2, 0) is 4.79 Å². The van der Waals surface area contributed by atoms with Gasteiger partial charge >= 0.3 is 0 Å². The summed E-state index contributed by atoms with van der Waals surface area (Å²) in [5.74, 6) is 0.276. The minimum Gasteiger partial charge on any atom is -0.389 e. The lowest BCUT2D eigenvalue weighted by Crippen LogP contribution is -2.18. The summed E-state index contributed by atoms with van der Waals surface area (Å²) in [5.41, 5.74) is 0. The van der Waals surface area contributed by atoms with Gasteiger partial charge in [-0.15, -0.1) is 0 Å². The zero-order valence-electron chi connectivity index (χ0n) is 6.95. The molecule has 0 saturated carbocycles. The summed E-state index contributed by atoms with van der Waals surface area (Å²) in [6, 6.07) is 0. The predicted octanol–water partition coefficient (Wildman–Crippen LogP) is 1.15. The molecule has 1 N–H and O–H groups in total. The highest BCUT2D eigenvalue weighted by molar-refractivity contribution is 5.84. The molecule has 0 bridgehead atoms. The van der Waals surface area contributed by atoms with Gasteiger partial charge in [-0.05, 0) is 6.42 Å². The molecule has 0 saturated heterocycles. The highest BCUT2D eigenvalue weighted by atomic mass is 16.3. The van der Waals surface area contributed by atoms with Crippen LogP contribution in [-0.4, -0.2) is 17.0 Å². The summed E-state index contributed by atoms with van der Waals surface area (Å²) in [6.07, 6.45) is 3.69. The average molecular weight is 154 g/mol. The largest absolute Gasteiger partial charge is 0.389 e. The summed E-state index contributed by atoms with van der Waals surface area (Å²) in [7, 11) is 0. The van der Waals surface area contributed by atoms with Gasteiger partial charge in [0.05, 0.1) is 6.10 Å². The zero-order chi connectivity index (χ0) is 8.43. The Morgan fingerprint density at radius 1 is 1.55 bits per heavy atom. The fraction of sp³-hybridized carbons (Fsp3) is 0.667. The van der Waals surface area contributed by atoms with E-state index in [1.165, 1.54) is 0 Å². The molecule has 0 spiro atoms. The van der Waals surface area contributed by atoms with Gasteiger partial charge in [-0.1, -0.05) is 26.0 Å². The minimum absolute atomic E-state index is 0.0370. The van der Waals surface area contributed by atoms with E-state index in [0.29, 0.717) is 6.42 Å². The second-order valence-corrected chi connectivity index (χ2v) is 3.35. The number of allylic oxidation sites excluding steroid dienone is 1. The van der Waals surface area contributed by atoms with E-state index < -0.39 is 6.10 Å².